The smallest absolute Gasteiger partial charge is 0.123 e. The molecule has 1 fully saturated rings. The van der Waals surface area contributed by atoms with E-state index < -0.39 is 0 Å². The third-order valence-corrected chi connectivity index (χ3v) is 3.97. The number of hydrogen-bond donors (Lipinski definition) is 1. The van der Waals surface area contributed by atoms with Crippen molar-refractivity contribution >= 4 is 0 Å². The molecule has 0 aliphatic carbocycles. The molecule has 18 heavy (non-hydrogen) atoms. The predicted octanol–water partition coefficient (Wildman–Crippen LogP) is 2.56. The Kier molecular flexibility index (Phi) is 4.36. The largest absolute Gasteiger partial charge is 0.310 e. The maximum absolute atomic E-state index is 13.0. The summed E-state index contributed by atoms with van der Waals surface area (Å²) in [4.78, 5) is 2.38. The van der Waals surface area contributed by atoms with Crippen molar-refractivity contribution in [2.45, 2.75) is 32.9 Å². The van der Waals surface area contributed by atoms with E-state index in [9.17, 15) is 4.39 Å². The lowest BCUT2D eigenvalue weighted by Gasteiger charge is -2.35. The minimum absolute atomic E-state index is 0.149. The third-order valence-electron chi connectivity index (χ3n) is 3.97. The minimum Gasteiger partial charge on any atom is -0.310 e. The summed E-state index contributed by atoms with van der Waals surface area (Å²) in [6.45, 7) is 7.42. The molecule has 2 rings (SSSR count). The Morgan fingerprint density at radius 2 is 2.22 bits per heavy atom. The Bertz CT molecular complexity index is 405. The summed E-state index contributed by atoms with van der Waals surface area (Å²) in [6.07, 6.45) is 1.19. The van der Waals surface area contributed by atoms with Gasteiger partial charge in [-0.3, -0.25) is 0 Å². The maximum Gasteiger partial charge on any atom is 0.123 e. The van der Waals surface area contributed by atoms with E-state index in [1.54, 1.807) is 12.1 Å². The number of nitrogens with zero attached hydrogens (tertiary/aromatic N) is 1. The van der Waals surface area contributed by atoms with Crippen LogP contribution in [-0.2, 0) is 6.54 Å². The topological polar surface area (TPSA) is 15.3 Å². The van der Waals surface area contributed by atoms with Gasteiger partial charge in [0.2, 0.25) is 0 Å². The monoisotopic (exact) mass is 250 g/mol. The maximum atomic E-state index is 13.0. The van der Waals surface area contributed by atoms with E-state index in [4.69, 9.17) is 0 Å². The van der Waals surface area contributed by atoms with Gasteiger partial charge in [0.1, 0.15) is 5.82 Å². The standard InChI is InChI=1S/C15H23FN2/c1-11-8-14(16)5-4-13(11)9-17-15-6-7-18(3)10-12(15)2/h4-5,8,12,15,17H,6-7,9-10H2,1-3H3/t12-,15+/m0/s1. The second-order valence-electron chi connectivity index (χ2n) is 5.59. The highest BCUT2D eigenvalue weighted by atomic mass is 19.1. The van der Waals surface area contributed by atoms with Gasteiger partial charge in [0, 0.05) is 19.1 Å². The molecule has 0 unspecified atom stereocenters. The molecule has 0 bridgehead atoms. The van der Waals surface area contributed by atoms with E-state index in [2.05, 4.69) is 24.2 Å². The zero-order valence-corrected chi connectivity index (χ0v) is 11.5. The Morgan fingerprint density at radius 3 is 2.89 bits per heavy atom. The first-order chi connectivity index (χ1) is 8.56. The van der Waals surface area contributed by atoms with Crippen LogP contribution in [0.2, 0.25) is 0 Å². The minimum atomic E-state index is -0.149. The third kappa shape index (κ3) is 3.30. The van der Waals surface area contributed by atoms with E-state index in [1.807, 2.05) is 13.0 Å². The first kappa shape index (κ1) is 13.5. The lowest BCUT2D eigenvalue weighted by molar-refractivity contribution is 0.174. The van der Waals surface area contributed by atoms with Gasteiger partial charge in [-0.1, -0.05) is 13.0 Å². The van der Waals surface area contributed by atoms with Gasteiger partial charge in [-0.25, -0.2) is 4.39 Å². The average Bonchev–Trinajstić information content (AvgIpc) is 2.30. The van der Waals surface area contributed by atoms with Crippen LogP contribution < -0.4 is 5.32 Å². The fourth-order valence-corrected chi connectivity index (χ4v) is 2.76. The van der Waals surface area contributed by atoms with Gasteiger partial charge in [0.05, 0.1) is 0 Å². The molecular formula is C15H23FN2. The number of benzene rings is 1. The van der Waals surface area contributed by atoms with Crippen LogP contribution in [0.1, 0.15) is 24.5 Å². The van der Waals surface area contributed by atoms with E-state index >= 15 is 0 Å². The molecule has 0 radical (unpaired) electrons. The highest BCUT2D eigenvalue weighted by Crippen LogP contribution is 2.17. The number of likely N-dealkylation sites (tertiary alicyclic amines) is 1. The molecular weight excluding hydrogens is 227 g/mol. The normalized spacial score (nSPS) is 25.3. The Balaban J connectivity index is 1.91. The predicted molar refractivity (Wildman–Crippen MR) is 73.0 cm³/mol. The summed E-state index contributed by atoms with van der Waals surface area (Å²) in [5, 5.41) is 3.62. The molecule has 3 heteroatoms. The molecule has 1 aromatic carbocycles. The van der Waals surface area contributed by atoms with E-state index in [1.165, 1.54) is 12.0 Å². The quantitative estimate of drug-likeness (QED) is 0.887. The van der Waals surface area contributed by atoms with Crippen molar-refractivity contribution in [3.05, 3.63) is 35.1 Å². The van der Waals surface area contributed by atoms with Crippen molar-refractivity contribution in [2.75, 3.05) is 20.1 Å². The van der Waals surface area contributed by atoms with Crippen LogP contribution in [0.15, 0.2) is 18.2 Å². The number of hydrogen-bond acceptors (Lipinski definition) is 2. The molecule has 0 spiro atoms. The van der Waals surface area contributed by atoms with Crippen LogP contribution in [-0.4, -0.2) is 31.1 Å². The van der Waals surface area contributed by atoms with Crippen LogP contribution >= 0.6 is 0 Å². The summed E-state index contributed by atoms with van der Waals surface area (Å²) in [6, 6.07) is 5.61. The lowest BCUT2D eigenvalue weighted by atomic mass is 9.94. The van der Waals surface area contributed by atoms with Crippen LogP contribution in [0.25, 0.3) is 0 Å². The SMILES string of the molecule is Cc1cc(F)ccc1CN[C@@H]1CCN(C)C[C@@H]1C. The Labute approximate surface area is 109 Å². The van der Waals surface area contributed by atoms with Crippen molar-refractivity contribution < 1.29 is 4.39 Å². The lowest BCUT2D eigenvalue weighted by Crippen LogP contribution is -2.46. The zero-order valence-electron chi connectivity index (χ0n) is 11.5. The van der Waals surface area contributed by atoms with Gasteiger partial charge >= 0.3 is 0 Å². The van der Waals surface area contributed by atoms with Crippen LogP contribution in [0.3, 0.4) is 0 Å². The second-order valence-corrected chi connectivity index (χ2v) is 5.59. The molecule has 1 aliphatic rings. The number of piperidine rings is 1. The van der Waals surface area contributed by atoms with Crippen molar-refractivity contribution in [1.29, 1.82) is 0 Å². The van der Waals surface area contributed by atoms with Crippen molar-refractivity contribution in [1.82, 2.24) is 10.2 Å². The number of nitrogens with one attached hydrogen (secondary N) is 1. The molecule has 0 aromatic heterocycles. The molecule has 2 nitrogen and oxygen atoms in total. The van der Waals surface area contributed by atoms with E-state index in [0.717, 1.165) is 25.2 Å². The van der Waals surface area contributed by atoms with Crippen LogP contribution in [0, 0.1) is 18.7 Å². The molecule has 1 aromatic rings. The number of rotatable bonds is 3. The molecule has 2 atom stereocenters. The van der Waals surface area contributed by atoms with E-state index in [0.29, 0.717) is 12.0 Å². The van der Waals surface area contributed by atoms with Gasteiger partial charge < -0.3 is 10.2 Å². The first-order valence-electron chi connectivity index (χ1n) is 6.73. The molecule has 1 heterocycles. The average molecular weight is 250 g/mol. The summed E-state index contributed by atoms with van der Waals surface area (Å²) >= 11 is 0. The molecule has 0 saturated carbocycles. The fourth-order valence-electron chi connectivity index (χ4n) is 2.76. The second kappa shape index (κ2) is 5.81. The van der Waals surface area contributed by atoms with Gasteiger partial charge in [0.25, 0.3) is 0 Å². The summed E-state index contributed by atoms with van der Waals surface area (Å²) in [5.41, 5.74) is 2.23. The number of aryl methyl sites for hydroxylation is 1. The van der Waals surface area contributed by atoms with Crippen molar-refractivity contribution in [2.24, 2.45) is 5.92 Å². The number of halogens is 1. The van der Waals surface area contributed by atoms with Crippen molar-refractivity contribution in [3.8, 4) is 0 Å². The fraction of sp³-hybridized carbons (Fsp3) is 0.600. The Hall–Kier alpha value is -0.930. The van der Waals surface area contributed by atoms with Gasteiger partial charge in [0.15, 0.2) is 0 Å². The van der Waals surface area contributed by atoms with Gasteiger partial charge in [-0.2, -0.15) is 0 Å². The van der Waals surface area contributed by atoms with Gasteiger partial charge in [-0.15, -0.1) is 0 Å². The molecule has 100 valence electrons. The molecule has 0 amide bonds. The first-order valence-corrected chi connectivity index (χ1v) is 6.73. The Morgan fingerprint density at radius 1 is 1.44 bits per heavy atom. The summed E-state index contributed by atoms with van der Waals surface area (Å²) in [7, 11) is 2.18. The van der Waals surface area contributed by atoms with Crippen LogP contribution in [0.4, 0.5) is 4.39 Å². The zero-order chi connectivity index (χ0) is 13.1. The highest BCUT2D eigenvalue weighted by Gasteiger charge is 2.23. The van der Waals surface area contributed by atoms with Crippen molar-refractivity contribution in [3.63, 3.8) is 0 Å². The van der Waals surface area contributed by atoms with Crippen LogP contribution in [0.5, 0.6) is 0 Å². The molecule has 1 N–H and O–H groups in total. The summed E-state index contributed by atoms with van der Waals surface area (Å²) in [5.74, 6) is 0.522. The highest BCUT2D eigenvalue weighted by molar-refractivity contribution is 5.26. The summed E-state index contributed by atoms with van der Waals surface area (Å²) < 4.78 is 13.0. The molecule has 1 saturated heterocycles. The van der Waals surface area contributed by atoms with Gasteiger partial charge in [-0.05, 0) is 56.1 Å². The molecule has 1 aliphatic heterocycles. The van der Waals surface area contributed by atoms with E-state index in [-0.39, 0.29) is 5.82 Å².